The van der Waals surface area contributed by atoms with Crippen molar-refractivity contribution < 1.29 is 28.8 Å². The Balaban J connectivity index is 2.76. The normalized spacial score (nSPS) is 27.5. The van der Waals surface area contributed by atoms with Crippen molar-refractivity contribution in [3.63, 3.8) is 0 Å². The highest BCUT2D eigenvalue weighted by Crippen LogP contribution is 2.18. The van der Waals surface area contributed by atoms with E-state index in [0.29, 0.717) is 32.1 Å². The van der Waals surface area contributed by atoms with Crippen LogP contribution in [0.4, 0.5) is 0 Å². The van der Waals surface area contributed by atoms with Crippen LogP contribution in [-0.2, 0) is 35.2 Å². The summed E-state index contributed by atoms with van der Waals surface area (Å²) in [7, 11) is 0. The van der Waals surface area contributed by atoms with Crippen LogP contribution in [0.3, 0.4) is 0 Å². The van der Waals surface area contributed by atoms with E-state index in [0.717, 1.165) is 5.56 Å². The summed E-state index contributed by atoms with van der Waals surface area (Å²) in [6.07, 6.45) is 2.89. The molecule has 286 valence electrons. The molecule has 0 aromatic heterocycles. The highest BCUT2D eigenvalue weighted by molar-refractivity contribution is 5.98. The quantitative estimate of drug-likeness (QED) is 0.194. The molecule has 6 amide bonds. The van der Waals surface area contributed by atoms with E-state index in [1.54, 1.807) is 0 Å². The van der Waals surface area contributed by atoms with Gasteiger partial charge in [-0.15, -0.1) is 0 Å². The number of amides is 6. The van der Waals surface area contributed by atoms with Crippen molar-refractivity contribution in [1.29, 1.82) is 0 Å². The summed E-state index contributed by atoms with van der Waals surface area (Å²) in [6, 6.07) is 3.08. The van der Waals surface area contributed by atoms with E-state index in [1.165, 1.54) is 0 Å². The van der Waals surface area contributed by atoms with Crippen molar-refractivity contribution in [2.45, 2.75) is 144 Å². The van der Waals surface area contributed by atoms with Gasteiger partial charge in [-0.3, -0.25) is 28.8 Å². The smallest absolute Gasteiger partial charge is 0.243 e. The van der Waals surface area contributed by atoms with Crippen LogP contribution >= 0.6 is 0 Å². The first kappa shape index (κ1) is 43.2. The second-order valence-corrected chi connectivity index (χ2v) is 14.6. The first-order chi connectivity index (χ1) is 24.1. The Morgan fingerprint density at radius 1 is 0.412 bits per heavy atom. The lowest BCUT2D eigenvalue weighted by Crippen LogP contribution is -2.64. The van der Waals surface area contributed by atoms with Crippen LogP contribution in [-0.4, -0.2) is 71.7 Å². The third-order valence-corrected chi connectivity index (χ3v) is 10.9. The van der Waals surface area contributed by atoms with Crippen LogP contribution in [0.15, 0.2) is 30.3 Å². The van der Waals surface area contributed by atoms with Crippen LogP contribution in [0.5, 0.6) is 0 Å². The number of hydrogen-bond acceptors (Lipinski definition) is 6. The SMILES string of the molecule is CCC(C)C1NC(=O)C(Cc2ccccc2)NC(=O)C(C(C)CC)NC(=O)C(C(C)CC)NC(=O)C(C(C)CC)NC(=O)C(C(C)CC)NC1=O. The maximum atomic E-state index is 14.1. The van der Waals surface area contributed by atoms with Gasteiger partial charge in [0.1, 0.15) is 36.3 Å². The predicted octanol–water partition coefficient (Wildman–Crippen LogP) is 3.38. The molecule has 0 bridgehead atoms. The largest absolute Gasteiger partial charge is 0.342 e. The summed E-state index contributed by atoms with van der Waals surface area (Å²) < 4.78 is 0. The summed E-state index contributed by atoms with van der Waals surface area (Å²) in [4.78, 5) is 84.3. The summed E-state index contributed by atoms with van der Waals surface area (Å²) in [5.74, 6) is -4.79. The number of benzene rings is 1. The van der Waals surface area contributed by atoms with Crippen molar-refractivity contribution in [3.8, 4) is 0 Å². The van der Waals surface area contributed by atoms with Crippen LogP contribution in [0.25, 0.3) is 0 Å². The van der Waals surface area contributed by atoms with Gasteiger partial charge in [0.2, 0.25) is 35.4 Å². The second kappa shape index (κ2) is 20.8. The lowest BCUT2D eigenvalue weighted by molar-refractivity contribution is -0.138. The zero-order chi connectivity index (χ0) is 38.4. The number of carbonyl (C=O) groups is 6. The number of carbonyl (C=O) groups excluding carboxylic acids is 6. The first-order valence-electron chi connectivity index (χ1n) is 19.0. The van der Waals surface area contributed by atoms with E-state index in [-0.39, 0.29) is 36.0 Å². The molecule has 12 heteroatoms. The fourth-order valence-corrected chi connectivity index (χ4v) is 6.06. The van der Waals surface area contributed by atoms with Crippen LogP contribution in [0.1, 0.15) is 107 Å². The van der Waals surface area contributed by atoms with E-state index in [4.69, 9.17) is 0 Å². The maximum absolute atomic E-state index is 14.1. The van der Waals surface area contributed by atoms with Gasteiger partial charge in [-0.1, -0.05) is 132 Å². The fourth-order valence-electron chi connectivity index (χ4n) is 6.06. The molecule has 11 unspecified atom stereocenters. The molecule has 1 heterocycles. The first-order valence-corrected chi connectivity index (χ1v) is 19.0. The molecular weight excluding hydrogens is 648 g/mol. The van der Waals surface area contributed by atoms with Gasteiger partial charge < -0.3 is 31.9 Å². The average molecular weight is 713 g/mol. The van der Waals surface area contributed by atoms with Crippen molar-refractivity contribution in [2.75, 3.05) is 0 Å². The summed E-state index contributed by atoms with van der Waals surface area (Å²) in [5, 5.41) is 17.4. The van der Waals surface area contributed by atoms with Crippen LogP contribution < -0.4 is 31.9 Å². The van der Waals surface area contributed by atoms with Gasteiger partial charge >= 0.3 is 0 Å². The Hall–Kier alpha value is -3.96. The minimum atomic E-state index is -1.09. The number of rotatable bonds is 12. The monoisotopic (exact) mass is 712 g/mol. The van der Waals surface area contributed by atoms with Gasteiger partial charge in [-0.05, 0) is 35.2 Å². The average Bonchev–Trinajstić information content (AvgIpc) is 3.13. The van der Waals surface area contributed by atoms with E-state index in [2.05, 4.69) is 31.9 Å². The topological polar surface area (TPSA) is 175 Å². The standard InChI is InChI=1S/C39H64N6O6/c1-11-22(6)29-35(47)40-28(21-27-19-17-16-18-20-27)34(46)41-30(23(7)12-2)36(48)43-32(25(9)14-4)38(50)45-33(26(10)15-5)39(51)44-31(24(8)13-3)37(49)42-29/h16-20,22-26,28-33H,11-15,21H2,1-10H3,(H,40,47)(H,41,46)(H,42,49)(H,43,48)(H,44,51)(H,45,50). The zero-order valence-corrected chi connectivity index (χ0v) is 32.4. The third kappa shape index (κ3) is 12.1. The Morgan fingerprint density at radius 3 is 0.941 bits per heavy atom. The highest BCUT2D eigenvalue weighted by atomic mass is 16.2. The summed E-state index contributed by atoms with van der Waals surface area (Å²) in [5.41, 5.74) is 0.790. The molecule has 0 spiro atoms. The zero-order valence-electron chi connectivity index (χ0n) is 32.4. The molecule has 1 saturated heterocycles. The molecule has 1 aromatic carbocycles. The molecule has 0 radical (unpaired) electrons. The van der Waals surface area contributed by atoms with Crippen molar-refractivity contribution in [3.05, 3.63) is 35.9 Å². The van der Waals surface area contributed by atoms with Crippen molar-refractivity contribution >= 4 is 35.4 Å². The van der Waals surface area contributed by atoms with Crippen LogP contribution in [0, 0.1) is 29.6 Å². The van der Waals surface area contributed by atoms with Crippen molar-refractivity contribution in [1.82, 2.24) is 31.9 Å². The van der Waals surface area contributed by atoms with Gasteiger partial charge in [-0.2, -0.15) is 0 Å². The molecule has 1 aromatic rings. The van der Waals surface area contributed by atoms with Gasteiger partial charge in [-0.25, -0.2) is 0 Å². The Labute approximate surface area is 305 Å². The molecule has 0 aliphatic carbocycles. The molecule has 1 fully saturated rings. The summed E-state index contributed by atoms with van der Waals surface area (Å²) in [6.45, 7) is 18.7. The molecule has 1 aliphatic heterocycles. The highest BCUT2D eigenvalue weighted by Gasteiger charge is 2.39. The molecule has 0 saturated carbocycles. The maximum Gasteiger partial charge on any atom is 0.243 e. The van der Waals surface area contributed by atoms with E-state index in [9.17, 15) is 28.8 Å². The Morgan fingerprint density at radius 2 is 0.667 bits per heavy atom. The minimum Gasteiger partial charge on any atom is -0.342 e. The van der Waals surface area contributed by atoms with E-state index >= 15 is 0 Å². The molecule has 11 atom stereocenters. The number of nitrogens with one attached hydrogen (secondary N) is 6. The Bertz CT molecular complexity index is 1310. The molecule has 2 rings (SSSR count). The van der Waals surface area contributed by atoms with Gasteiger partial charge in [0.25, 0.3) is 0 Å². The van der Waals surface area contributed by atoms with Gasteiger partial charge in [0, 0.05) is 6.42 Å². The second-order valence-electron chi connectivity index (χ2n) is 14.6. The van der Waals surface area contributed by atoms with Gasteiger partial charge in [0.15, 0.2) is 0 Å². The molecule has 12 nitrogen and oxygen atoms in total. The minimum absolute atomic E-state index is 0.134. The predicted molar refractivity (Wildman–Crippen MR) is 199 cm³/mol. The Kier molecular flexibility index (Phi) is 17.6. The van der Waals surface area contributed by atoms with Crippen molar-refractivity contribution in [2.24, 2.45) is 29.6 Å². The van der Waals surface area contributed by atoms with E-state index in [1.807, 2.05) is 99.6 Å². The fraction of sp³-hybridized carbons (Fsp3) is 0.692. The molecule has 1 aliphatic rings. The van der Waals surface area contributed by atoms with Crippen LogP contribution in [0.2, 0.25) is 0 Å². The lowest BCUT2D eigenvalue weighted by atomic mass is 9.92. The van der Waals surface area contributed by atoms with E-state index < -0.39 is 71.7 Å². The third-order valence-electron chi connectivity index (χ3n) is 10.9. The lowest BCUT2D eigenvalue weighted by Gasteiger charge is -2.34. The molecular formula is C39H64N6O6. The van der Waals surface area contributed by atoms with Gasteiger partial charge in [0.05, 0.1) is 0 Å². The molecule has 6 N–H and O–H groups in total. The number of hydrogen-bond donors (Lipinski definition) is 6. The molecule has 51 heavy (non-hydrogen) atoms. The summed E-state index contributed by atoms with van der Waals surface area (Å²) >= 11 is 0.